The van der Waals surface area contributed by atoms with Crippen molar-refractivity contribution in [3.05, 3.63) is 34.8 Å². The molecule has 21 heavy (non-hydrogen) atoms. The second-order valence-electron chi connectivity index (χ2n) is 4.75. The summed E-state index contributed by atoms with van der Waals surface area (Å²) in [5.41, 5.74) is 0. The van der Waals surface area contributed by atoms with Crippen LogP contribution in [-0.4, -0.2) is 31.8 Å². The number of aromatic nitrogens is 2. The number of sulfonamides is 1. The van der Waals surface area contributed by atoms with Crippen molar-refractivity contribution in [2.24, 2.45) is 0 Å². The topological polar surface area (TPSA) is 76.0 Å². The maximum Gasteiger partial charge on any atom is 0.244 e. The standard InChI is InChI=1S/C13H20N4O2S2/c1-11(13-5-3-8-20-13)16-21(18,19)12-9-15-17(10-12)7-4-6-14-2/h3,5,8-11,14,16H,4,6-7H2,1-2H3. The minimum Gasteiger partial charge on any atom is -0.320 e. The van der Waals surface area contributed by atoms with Crippen molar-refractivity contribution in [1.29, 1.82) is 0 Å². The normalized spacial score (nSPS) is 13.4. The molecule has 0 bridgehead atoms. The largest absolute Gasteiger partial charge is 0.320 e. The van der Waals surface area contributed by atoms with Crippen LogP contribution in [0.25, 0.3) is 0 Å². The van der Waals surface area contributed by atoms with Gasteiger partial charge in [0.25, 0.3) is 0 Å². The van der Waals surface area contributed by atoms with Crippen LogP contribution in [0, 0.1) is 0 Å². The lowest BCUT2D eigenvalue weighted by atomic mass is 10.3. The highest BCUT2D eigenvalue weighted by atomic mass is 32.2. The number of aryl methyl sites for hydroxylation is 1. The Bertz CT molecular complexity index is 650. The predicted octanol–water partition coefficient (Wildman–Crippen LogP) is 1.59. The van der Waals surface area contributed by atoms with Crippen LogP contribution in [0.5, 0.6) is 0 Å². The molecule has 1 atom stereocenters. The summed E-state index contributed by atoms with van der Waals surface area (Å²) >= 11 is 1.53. The van der Waals surface area contributed by atoms with Crippen molar-refractivity contribution in [1.82, 2.24) is 19.8 Å². The van der Waals surface area contributed by atoms with Crippen LogP contribution in [0.3, 0.4) is 0 Å². The number of nitrogens with one attached hydrogen (secondary N) is 2. The Morgan fingerprint density at radius 2 is 2.29 bits per heavy atom. The number of nitrogens with zero attached hydrogens (tertiary/aromatic N) is 2. The Hall–Kier alpha value is -1.22. The summed E-state index contributed by atoms with van der Waals surface area (Å²) in [5.74, 6) is 0. The van der Waals surface area contributed by atoms with Crippen LogP contribution in [0.2, 0.25) is 0 Å². The van der Waals surface area contributed by atoms with Crippen LogP contribution >= 0.6 is 11.3 Å². The molecule has 0 amide bonds. The van der Waals surface area contributed by atoms with Crippen molar-refractivity contribution in [2.75, 3.05) is 13.6 Å². The first kappa shape index (κ1) is 16.2. The molecule has 0 fully saturated rings. The zero-order chi connectivity index (χ0) is 15.3. The van der Waals surface area contributed by atoms with E-state index in [0.717, 1.165) is 17.8 Å². The first-order valence-corrected chi connectivity index (χ1v) is 9.12. The highest BCUT2D eigenvalue weighted by Gasteiger charge is 2.20. The van der Waals surface area contributed by atoms with Gasteiger partial charge in [0, 0.05) is 17.6 Å². The Labute approximate surface area is 129 Å². The fourth-order valence-electron chi connectivity index (χ4n) is 1.92. The highest BCUT2D eigenvalue weighted by molar-refractivity contribution is 7.89. The molecule has 116 valence electrons. The van der Waals surface area contributed by atoms with E-state index < -0.39 is 10.0 Å². The average molecular weight is 328 g/mol. The number of hydrogen-bond acceptors (Lipinski definition) is 5. The van der Waals surface area contributed by atoms with Crippen molar-refractivity contribution in [3.8, 4) is 0 Å². The fourth-order valence-corrected chi connectivity index (χ4v) is 3.90. The van der Waals surface area contributed by atoms with Crippen molar-refractivity contribution >= 4 is 21.4 Å². The molecule has 2 aromatic heterocycles. The summed E-state index contributed by atoms with van der Waals surface area (Å²) in [7, 11) is -1.65. The lowest BCUT2D eigenvalue weighted by Gasteiger charge is -2.11. The van der Waals surface area contributed by atoms with E-state index in [2.05, 4.69) is 15.1 Å². The monoisotopic (exact) mass is 328 g/mol. The maximum atomic E-state index is 12.3. The summed E-state index contributed by atoms with van der Waals surface area (Å²) in [4.78, 5) is 1.19. The first-order chi connectivity index (χ1) is 10.0. The molecule has 0 spiro atoms. The van der Waals surface area contributed by atoms with E-state index in [4.69, 9.17) is 0 Å². The zero-order valence-electron chi connectivity index (χ0n) is 12.1. The minimum absolute atomic E-state index is 0.204. The van der Waals surface area contributed by atoms with Crippen molar-refractivity contribution in [2.45, 2.75) is 30.8 Å². The molecule has 1 unspecified atom stereocenters. The summed E-state index contributed by atoms with van der Waals surface area (Å²) in [6.45, 7) is 3.40. The fraction of sp³-hybridized carbons (Fsp3) is 0.462. The van der Waals surface area contributed by atoms with Crippen molar-refractivity contribution in [3.63, 3.8) is 0 Å². The SMILES string of the molecule is CNCCCn1cc(S(=O)(=O)NC(C)c2cccs2)cn1. The van der Waals surface area contributed by atoms with Gasteiger partial charge in [0.05, 0.1) is 12.2 Å². The van der Waals surface area contributed by atoms with E-state index in [0.29, 0.717) is 6.54 Å². The zero-order valence-corrected chi connectivity index (χ0v) is 13.7. The van der Waals surface area contributed by atoms with Gasteiger partial charge in [-0.3, -0.25) is 4.68 Å². The van der Waals surface area contributed by atoms with Crippen LogP contribution in [0.1, 0.15) is 24.3 Å². The third-order valence-electron chi connectivity index (χ3n) is 3.04. The minimum atomic E-state index is -3.54. The molecule has 2 heterocycles. The highest BCUT2D eigenvalue weighted by Crippen LogP contribution is 2.20. The predicted molar refractivity (Wildman–Crippen MR) is 83.8 cm³/mol. The molecule has 2 N–H and O–H groups in total. The molecule has 0 saturated carbocycles. The van der Waals surface area contributed by atoms with Gasteiger partial charge in [-0.05, 0) is 38.4 Å². The second kappa shape index (κ2) is 7.17. The van der Waals surface area contributed by atoms with E-state index in [1.807, 2.05) is 31.5 Å². The van der Waals surface area contributed by atoms with Gasteiger partial charge in [0.2, 0.25) is 10.0 Å². The third kappa shape index (κ3) is 4.37. The molecule has 0 aliphatic heterocycles. The first-order valence-electron chi connectivity index (χ1n) is 6.75. The summed E-state index contributed by atoms with van der Waals surface area (Å²) < 4.78 is 28.9. The van der Waals surface area contributed by atoms with Gasteiger partial charge in [0.15, 0.2) is 0 Å². The van der Waals surface area contributed by atoms with E-state index >= 15 is 0 Å². The van der Waals surface area contributed by atoms with Gasteiger partial charge in [-0.15, -0.1) is 11.3 Å². The molecule has 0 radical (unpaired) electrons. The van der Waals surface area contributed by atoms with E-state index in [-0.39, 0.29) is 10.9 Å². The third-order valence-corrected chi connectivity index (χ3v) is 5.59. The molecule has 6 nitrogen and oxygen atoms in total. The second-order valence-corrected chi connectivity index (χ2v) is 7.45. The molecule has 0 aromatic carbocycles. The van der Waals surface area contributed by atoms with Gasteiger partial charge in [-0.1, -0.05) is 6.07 Å². The molecular formula is C13H20N4O2S2. The van der Waals surface area contributed by atoms with Gasteiger partial charge < -0.3 is 5.32 Å². The number of rotatable bonds is 8. The van der Waals surface area contributed by atoms with Gasteiger partial charge in [0.1, 0.15) is 4.90 Å². The van der Waals surface area contributed by atoms with Gasteiger partial charge in [-0.2, -0.15) is 5.10 Å². The number of hydrogen-bond donors (Lipinski definition) is 2. The molecule has 2 rings (SSSR count). The molecule has 2 aromatic rings. The smallest absolute Gasteiger partial charge is 0.244 e. The average Bonchev–Trinajstić information content (AvgIpc) is 3.10. The van der Waals surface area contributed by atoms with Gasteiger partial charge in [-0.25, -0.2) is 13.1 Å². The van der Waals surface area contributed by atoms with E-state index in [9.17, 15) is 8.42 Å². The van der Waals surface area contributed by atoms with Crippen LogP contribution < -0.4 is 10.0 Å². The lowest BCUT2D eigenvalue weighted by Crippen LogP contribution is -2.26. The van der Waals surface area contributed by atoms with Crippen molar-refractivity contribution < 1.29 is 8.42 Å². The molecule has 0 aliphatic rings. The molecule has 0 aliphatic carbocycles. The van der Waals surface area contributed by atoms with Crippen LogP contribution in [0.15, 0.2) is 34.8 Å². The van der Waals surface area contributed by atoms with Gasteiger partial charge >= 0.3 is 0 Å². The van der Waals surface area contributed by atoms with Crippen LogP contribution in [0.4, 0.5) is 0 Å². The maximum absolute atomic E-state index is 12.3. The molecule has 0 saturated heterocycles. The summed E-state index contributed by atoms with van der Waals surface area (Å²) in [6, 6.07) is 3.58. The Kier molecular flexibility index (Phi) is 5.51. The van der Waals surface area contributed by atoms with Crippen LogP contribution in [-0.2, 0) is 16.6 Å². The Morgan fingerprint density at radius 3 is 2.95 bits per heavy atom. The molecule has 8 heteroatoms. The Morgan fingerprint density at radius 1 is 1.48 bits per heavy atom. The lowest BCUT2D eigenvalue weighted by molar-refractivity contribution is 0.558. The molecular weight excluding hydrogens is 308 g/mol. The number of thiophene rings is 1. The summed E-state index contributed by atoms with van der Waals surface area (Å²) in [6.07, 6.45) is 3.86. The van der Waals surface area contributed by atoms with E-state index in [1.165, 1.54) is 17.5 Å². The van der Waals surface area contributed by atoms with E-state index in [1.54, 1.807) is 10.9 Å². The summed E-state index contributed by atoms with van der Waals surface area (Å²) in [5, 5.41) is 9.07. The quantitative estimate of drug-likeness (QED) is 0.722. The Balaban J connectivity index is 2.02.